The molecule has 164 valence electrons. The van der Waals surface area contributed by atoms with Gasteiger partial charge in [0.2, 0.25) is 0 Å². The van der Waals surface area contributed by atoms with Gasteiger partial charge in [-0.3, -0.25) is 14.9 Å². The van der Waals surface area contributed by atoms with E-state index in [0.717, 1.165) is 0 Å². The molecule has 0 bridgehead atoms. The second kappa shape index (κ2) is 8.83. The summed E-state index contributed by atoms with van der Waals surface area (Å²) < 4.78 is 16.6. The molecule has 2 aromatic carbocycles. The molecule has 1 unspecified atom stereocenters. The van der Waals surface area contributed by atoms with Crippen LogP contribution in [0.1, 0.15) is 34.1 Å². The molecule has 10 heteroatoms. The van der Waals surface area contributed by atoms with E-state index in [2.05, 4.69) is 21.0 Å². The molecule has 1 atom stereocenters. The average molecular weight is 500 g/mol. The summed E-state index contributed by atoms with van der Waals surface area (Å²) in [6.45, 7) is 0. The van der Waals surface area contributed by atoms with E-state index >= 15 is 0 Å². The van der Waals surface area contributed by atoms with E-state index in [4.69, 9.17) is 13.9 Å². The van der Waals surface area contributed by atoms with Crippen molar-refractivity contribution in [1.29, 1.82) is 0 Å². The molecule has 0 aliphatic carbocycles. The number of halogens is 1. The summed E-state index contributed by atoms with van der Waals surface area (Å²) in [5.74, 6) is 0.789. The number of furan rings is 1. The van der Waals surface area contributed by atoms with E-state index in [0.29, 0.717) is 39.4 Å². The average Bonchev–Trinajstić information content (AvgIpc) is 3.45. The number of hydrogen-bond acceptors (Lipinski definition) is 7. The number of nitro groups is 1. The number of amides is 1. The van der Waals surface area contributed by atoms with E-state index in [1.165, 1.54) is 24.3 Å². The molecule has 0 fully saturated rings. The van der Waals surface area contributed by atoms with Crippen LogP contribution in [-0.4, -0.2) is 35.8 Å². The minimum absolute atomic E-state index is 0.0638. The molecule has 1 aliphatic heterocycles. The third-order valence-corrected chi connectivity index (χ3v) is 5.51. The van der Waals surface area contributed by atoms with Crippen molar-refractivity contribution in [2.24, 2.45) is 5.10 Å². The number of carbonyl (C=O) groups is 1. The predicted octanol–water partition coefficient (Wildman–Crippen LogP) is 4.96. The third-order valence-electron chi connectivity index (χ3n) is 5.09. The Kier molecular flexibility index (Phi) is 5.95. The van der Waals surface area contributed by atoms with Crippen LogP contribution in [-0.2, 0) is 0 Å². The highest BCUT2D eigenvalue weighted by Gasteiger charge is 2.36. The van der Waals surface area contributed by atoms with Crippen LogP contribution in [0, 0.1) is 10.1 Å². The van der Waals surface area contributed by atoms with Crippen LogP contribution in [0.4, 0.5) is 5.69 Å². The summed E-state index contributed by atoms with van der Waals surface area (Å²) in [7, 11) is 3.09. The van der Waals surface area contributed by atoms with Crippen LogP contribution < -0.4 is 9.47 Å². The lowest BCUT2D eigenvalue weighted by Gasteiger charge is -2.21. The monoisotopic (exact) mass is 499 g/mol. The topological polar surface area (TPSA) is 107 Å². The lowest BCUT2D eigenvalue weighted by molar-refractivity contribution is -0.384. The zero-order valence-electron chi connectivity index (χ0n) is 17.1. The number of hydrogen-bond donors (Lipinski definition) is 0. The number of nitro benzene ring substituents is 1. The Morgan fingerprint density at radius 3 is 2.66 bits per heavy atom. The molecule has 1 amide bonds. The van der Waals surface area contributed by atoms with Crippen molar-refractivity contribution in [3.05, 3.63) is 86.3 Å². The van der Waals surface area contributed by atoms with E-state index in [1.807, 2.05) is 0 Å². The van der Waals surface area contributed by atoms with Gasteiger partial charge >= 0.3 is 5.91 Å². The van der Waals surface area contributed by atoms with Crippen LogP contribution in [0.15, 0.2) is 68.8 Å². The van der Waals surface area contributed by atoms with Crippen LogP contribution in [0.3, 0.4) is 0 Å². The van der Waals surface area contributed by atoms with Gasteiger partial charge < -0.3 is 13.9 Å². The summed E-state index contributed by atoms with van der Waals surface area (Å²) in [5.41, 5.74) is 1.81. The molecule has 0 saturated heterocycles. The zero-order chi connectivity index (χ0) is 22.8. The number of hydrazone groups is 1. The molecule has 4 rings (SSSR count). The van der Waals surface area contributed by atoms with Gasteiger partial charge in [-0.15, -0.1) is 0 Å². The van der Waals surface area contributed by atoms with Gasteiger partial charge in [-0.2, -0.15) is 5.10 Å². The Hall–Kier alpha value is -3.66. The number of methoxy groups -OCH3 is 2. The van der Waals surface area contributed by atoms with Gasteiger partial charge in [-0.05, 0) is 45.8 Å². The first-order chi connectivity index (χ1) is 15.4. The molecule has 0 saturated carbocycles. The molecule has 1 aliphatic rings. The highest BCUT2D eigenvalue weighted by Crippen LogP contribution is 2.38. The molecule has 2 heterocycles. The lowest BCUT2D eigenvalue weighted by Crippen LogP contribution is -2.26. The summed E-state index contributed by atoms with van der Waals surface area (Å²) in [6.07, 6.45) is 0.331. The maximum atomic E-state index is 13.2. The zero-order valence-corrected chi connectivity index (χ0v) is 18.7. The maximum absolute atomic E-state index is 13.2. The van der Waals surface area contributed by atoms with Gasteiger partial charge in [-0.1, -0.05) is 12.1 Å². The van der Waals surface area contributed by atoms with Crippen LogP contribution in [0.2, 0.25) is 0 Å². The molecular weight excluding hydrogens is 482 g/mol. The van der Waals surface area contributed by atoms with E-state index in [9.17, 15) is 14.9 Å². The molecule has 0 N–H and O–H groups in total. The Morgan fingerprint density at radius 2 is 2.00 bits per heavy atom. The second-order valence-electron chi connectivity index (χ2n) is 6.94. The Balaban J connectivity index is 1.78. The molecule has 1 aromatic heterocycles. The normalized spacial score (nSPS) is 15.4. The minimum Gasteiger partial charge on any atom is -0.497 e. The fraction of sp³-hybridized carbons (Fsp3) is 0.182. The van der Waals surface area contributed by atoms with Gasteiger partial charge in [0, 0.05) is 30.2 Å². The largest absolute Gasteiger partial charge is 0.497 e. The summed E-state index contributed by atoms with van der Waals surface area (Å²) in [4.78, 5) is 24.0. The second-order valence-corrected chi connectivity index (χ2v) is 7.72. The maximum Gasteiger partial charge on any atom is 0.310 e. The van der Waals surface area contributed by atoms with Crippen molar-refractivity contribution in [3.63, 3.8) is 0 Å². The number of nitrogens with zero attached hydrogens (tertiary/aromatic N) is 3. The SMILES string of the molecule is COc1ccc(C2=NN(C(=O)c3ccc(Br)o3)C(c3cccc([N+](=O)[O-])c3)C2)c(OC)c1. The molecule has 32 heavy (non-hydrogen) atoms. The van der Waals surface area contributed by atoms with Crippen molar-refractivity contribution in [2.75, 3.05) is 14.2 Å². The molecule has 0 radical (unpaired) electrons. The third kappa shape index (κ3) is 4.09. The first-order valence-electron chi connectivity index (χ1n) is 9.54. The minimum atomic E-state index is -0.562. The van der Waals surface area contributed by atoms with Gasteiger partial charge in [0.1, 0.15) is 11.5 Å². The number of rotatable bonds is 6. The molecule has 0 spiro atoms. The van der Waals surface area contributed by atoms with Crippen LogP contribution in [0.25, 0.3) is 0 Å². The number of benzene rings is 2. The molecule has 3 aromatic rings. The predicted molar refractivity (Wildman–Crippen MR) is 119 cm³/mol. The van der Waals surface area contributed by atoms with Crippen molar-refractivity contribution in [1.82, 2.24) is 5.01 Å². The van der Waals surface area contributed by atoms with Crippen molar-refractivity contribution in [3.8, 4) is 11.5 Å². The van der Waals surface area contributed by atoms with Crippen LogP contribution >= 0.6 is 15.9 Å². The summed E-state index contributed by atoms with van der Waals surface area (Å²) >= 11 is 3.20. The Bertz CT molecular complexity index is 1220. The van der Waals surface area contributed by atoms with Crippen molar-refractivity contribution < 1.29 is 23.6 Å². The molecule has 9 nitrogen and oxygen atoms in total. The van der Waals surface area contributed by atoms with E-state index in [1.54, 1.807) is 49.6 Å². The van der Waals surface area contributed by atoms with Crippen molar-refractivity contribution >= 4 is 33.2 Å². The van der Waals surface area contributed by atoms with Gasteiger partial charge in [0.25, 0.3) is 5.69 Å². The fourth-order valence-corrected chi connectivity index (χ4v) is 3.85. The van der Waals surface area contributed by atoms with Gasteiger partial charge in [0.15, 0.2) is 10.4 Å². The summed E-state index contributed by atoms with van der Waals surface area (Å²) in [5, 5.41) is 17.2. The highest BCUT2D eigenvalue weighted by atomic mass is 79.9. The highest BCUT2D eigenvalue weighted by molar-refractivity contribution is 9.10. The fourth-order valence-electron chi connectivity index (χ4n) is 3.54. The summed E-state index contributed by atoms with van der Waals surface area (Å²) in [6, 6.07) is 14.1. The molecular formula is C22H18BrN3O6. The van der Waals surface area contributed by atoms with Crippen molar-refractivity contribution in [2.45, 2.75) is 12.5 Å². The number of carbonyl (C=O) groups excluding carboxylic acids is 1. The standard InChI is InChI=1S/C22H18BrN3O6/c1-30-15-6-7-16(20(11-15)31-2)17-12-18(13-4-3-5-14(10-13)26(28)29)25(24-17)22(27)19-8-9-21(23)32-19/h3-11,18H,12H2,1-2H3. The van der Waals surface area contributed by atoms with Gasteiger partial charge in [0.05, 0.1) is 30.9 Å². The number of ether oxygens (including phenoxy) is 2. The van der Waals surface area contributed by atoms with E-state index < -0.39 is 16.9 Å². The smallest absolute Gasteiger partial charge is 0.310 e. The number of non-ortho nitro benzene ring substituents is 1. The quantitative estimate of drug-likeness (QED) is 0.350. The van der Waals surface area contributed by atoms with Crippen LogP contribution in [0.5, 0.6) is 11.5 Å². The first-order valence-corrected chi connectivity index (χ1v) is 10.3. The van der Waals surface area contributed by atoms with Gasteiger partial charge in [-0.25, -0.2) is 5.01 Å². The lowest BCUT2D eigenvalue weighted by atomic mass is 9.97. The Labute approximate surface area is 191 Å². The van der Waals surface area contributed by atoms with E-state index in [-0.39, 0.29) is 11.4 Å². The Morgan fingerprint density at radius 1 is 1.19 bits per heavy atom. The first kappa shape index (κ1) is 21.6.